The molecule has 3 aliphatic heterocycles. The predicted octanol–water partition coefficient (Wildman–Crippen LogP) is 1.82. The van der Waals surface area contributed by atoms with Crippen molar-refractivity contribution in [2.45, 2.75) is 18.9 Å². The average molecular weight is 301 g/mol. The van der Waals surface area contributed by atoms with Crippen LogP contribution in [-0.4, -0.2) is 41.4 Å². The minimum Gasteiger partial charge on any atom is -0.348 e. The standard InChI is InChI=1S/C16H19N3O3/c20-16(17-15-11-18-8-6-13(15)7-9-18)5-4-12-2-1-3-14(10-12)19(21)22/h1-5,10,13,15H,6-9,11H2,(H,17,20). The fourth-order valence-corrected chi connectivity index (χ4v) is 3.27. The van der Waals surface area contributed by atoms with Gasteiger partial charge in [-0.2, -0.15) is 0 Å². The van der Waals surface area contributed by atoms with E-state index < -0.39 is 4.92 Å². The van der Waals surface area contributed by atoms with Crippen LogP contribution < -0.4 is 5.32 Å². The third-order valence-corrected chi connectivity index (χ3v) is 4.49. The molecule has 0 aromatic heterocycles. The van der Waals surface area contributed by atoms with Gasteiger partial charge in [0.05, 0.1) is 4.92 Å². The maximum absolute atomic E-state index is 12.0. The highest BCUT2D eigenvalue weighted by Gasteiger charge is 2.34. The highest BCUT2D eigenvalue weighted by atomic mass is 16.6. The Kier molecular flexibility index (Phi) is 4.20. The molecule has 1 amide bonds. The van der Waals surface area contributed by atoms with Crippen molar-refractivity contribution in [1.82, 2.24) is 10.2 Å². The van der Waals surface area contributed by atoms with Gasteiger partial charge < -0.3 is 10.2 Å². The van der Waals surface area contributed by atoms with E-state index >= 15 is 0 Å². The maximum Gasteiger partial charge on any atom is 0.270 e. The van der Waals surface area contributed by atoms with Gasteiger partial charge in [0.25, 0.3) is 5.69 Å². The van der Waals surface area contributed by atoms with Crippen LogP contribution in [0.3, 0.4) is 0 Å². The molecule has 3 aliphatic rings. The number of nitrogens with zero attached hydrogens (tertiary/aromatic N) is 2. The molecule has 3 fully saturated rings. The largest absolute Gasteiger partial charge is 0.348 e. The molecule has 1 aromatic carbocycles. The van der Waals surface area contributed by atoms with Crippen molar-refractivity contribution in [3.8, 4) is 0 Å². The number of fused-ring (bicyclic) bond motifs is 3. The van der Waals surface area contributed by atoms with E-state index in [0.29, 0.717) is 11.5 Å². The van der Waals surface area contributed by atoms with Crippen molar-refractivity contribution < 1.29 is 9.72 Å². The molecule has 1 aromatic rings. The van der Waals surface area contributed by atoms with Crippen LogP contribution in [-0.2, 0) is 4.79 Å². The predicted molar refractivity (Wildman–Crippen MR) is 83.2 cm³/mol. The van der Waals surface area contributed by atoms with E-state index in [1.165, 1.54) is 18.2 Å². The van der Waals surface area contributed by atoms with Crippen LogP contribution in [0.15, 0.2) is 30.3 Å². The second-order valence-electron chi connectivity index (χ2n) is 5.94. The van der Waals surface area contributed by atoms with Crippen molar-refractivity contribution in [2.24, 2.45) is 5.92 Å². The zero-order valence-electron chi connectivity index (χ0n) is 12.3. The normalized spacial score (nSPS) is 27.0. The summed E-state index contributed by atoms with van der Waals surface area (Å²) in [5, 5.41) is 13.8. The molecule has 6 nitrogen and oxygen atoms in total. The highest BCUT2D eigenvalue weighted by molar-refractivity contribution is 5.92. The molecule has 116 valence electrons. The fraction of sp³-hybridized carbons (Fsp3) is 0.438. The lowest BCUT2D eigenvalue weighted by Gasteiger charge is -2.44. The summed E-state index contributed by atoms with van der Waals surface area (Å²) in [7, 11) is 0. The molecule has 6 heteroatoms. The zero-order chi connectivity index (χ0) is 15.5. The minimum atomic E-state index is -0.440. The van der Waals surface area contributed by atoms with Crippen LogP contribution in [0.4, 0.5) is 5.69 Å². The molecule has 0 aliphatic carbocycles. The molecular formula is C16H19N3O3. The Morgan fingerprint density at radius 1 is 1.36 bits per heavy atom. The van der Waals surface area contributed by atoms with Crippen molar-refractivity contribution in [2.75, 3.05) is 19.6 Å². The lowest BCUT2D eigenvalue weighted by atomic mass is 9.84. The molecule has 2 bridgehead atoms. The van der Waals surface area contributed by atoms with Gasteiger partial charge in [-0.3, -0.25) is 14.9 Å². The Labute approximate surface area is 129 Å². The van der Waals surface area contributed by atoms with Crippen LogP contribution in [0.5, 0.6) is 0 Å². The van der Waals surface area contributed by atoms with E-state index in [1.807, 2.05) is 0 Å². The number of amides is 1. The first kappa shape index (κ1) is 14.7. The monoisotopic (exact) mass is 301 g/mol. The first-order valence-corrected chi connectivity index (χ1v) is 7.57. The number of piperidine rings is 3. The van der Waals surface area contributed by atoms with Crippen LogP contribution in [0.25, 0.3) is 6.08 Å². The number of carbonyl (C=O) groups is 1. The number of benzene rings is 1. The van der Waals surface area contributed by atoms with Crippen molar-refractivity contribution in [3.63, 3.8) is 0 Å². The van der Waals surface area contributed by atoms with Crippen LogP contribution in [0, 0.1) is 16.0 Å². The summed E-state index contributed by atoms with van der Waals surface area (Å²) in [5.41, 5.74) is 0.679. The Bertz CT molecular complexity index is 606. The zero-order valence-corrected chi connectivity index (χ0v) is 12.3. The van der Waals surface area contributed by atoms with Crippen molar-refractivity contribution in [1.29, 1.82) is 0 Å². The molecule has 0 spiro atoms. The summed E-state index contributed by atoms with van der Waals surface area (Å²) in [4.78, 5) is 24.7. The maximum atomic E-state index is 12.0. The van der Waals surface area contributed by atoms with Gasteiger partial charge in [-0.1, -0.05) is 12.1 Å². The Hall–Kier alpha value is -2.21. The van der Waals surface area contributed by atoms with Gasteiger partial charge in [-0.25, -0.2) is 0 Å². The lowest BCUT2D eigenvalue weighted by molar-refractivity contribution is -0.384. The van der Waals surface area contributed by atoms with Gasteiger partial charge in [0.1, 0.15) is 0 Å². The van der Waals surface area contributed by atoms with Gasteiger partial charge in [-0.05, 0) is 43.5 Å². The van der Waals surface area contributed by atoms with Crippen molar-refractivity contribution in [3.05, 3.63) is 46.0 Å². The summed E-state index contributed by atoms with van der Waals surface area (Å²) in [6.07, 6.45) is 5.37. The summed E-state index contributed by atoms with van der Waals surface area (Å²) < 4.78 is 0. The third kappa shape index (κ3) is 3.33. The quantitative estimate of drug-likeness (QED) is 0.523. The molecule has 3 heterocycles. The van der Waals surface area contributed by atoms with Gasteiger partial charge in [-0.15, -0.1) is 0 Å². The van der Waals surface area contributed by atoms with Crippen LogP contribution >= 0.6 is 0 Å². The molecule has 3 saturated heterocycles. The second-order valence-corrected chi connectivity index (χ2v) is 5.94. The van der Waals surface area contributed by atoms with E-state index in [0.717, 1.165) is 32.5 Å². The van der Waals surface area contributed by atoms with E-state index in [9.17, 15) is 14.9 Å². The third-order valence-electron chi connectivity index (χ3n) is 4.49. The molecule has 4 rings (SSSR count). The molecule has 1 unspecified atom stereocenters. The number of hydrogen-bond acceptors (Lipinski definition) is 4. The van der Waals surface area contributed by atoms with Crippen LogP contribution in [0.1, 0.15) is 18.4 Å². The summed E-state index contributed by atoms with van der Waals surface area (Å²) in [6, 6.07) is 6.47. The number of nitrogens with one attached hydrogen (secondary N) is 1. The van der Waals surface area contributed by atoms with E-state index in [1.54, 1.807) is 18.2 Å². The molecule has 1 N–H and O–H groups in total. The van der Waals surface area contributed by atoms with E-state index in [-0.39, 0.29) is 17.6 Å². The SMILES string of the molecule is O=C(C=Cc1cccc([N+](=O)[O-])c1)NC1CN2CCC1CC2. The molecule has 0 radical (unpaired) electrons. The smallest absolute Gasteiger partial charge is 0.270 e. The molecule has 22 heavy (non-hydrogen) atoms. The van der Waals surface area contributed by atoms with E-state index in [4.69, 9.17) is 0 Å². The van der Waals surface area contributed by atoms with Gasteiger partial charge in [0.15, 0.2) is 0 Å². The number of rotatable bonds is 4. The summed E-state index contributed by atoms with van der Waals surface area (Å²) in [5.74, 6) is 0.449. The van der Waals surface area contributed by atoms with Gasteiger partial charge >= 0.3 is 0 Å². The average Bonchev–Trinajstić information content (AvgIpc) is 2.54. The molecule has 1 atom stereocenters. The van der Waals surface area contributed by atoms with Gasteiger partial charge in [0, 0.05) is 30.8 Å². The Morgan fingerprint density at radius 2 is 2.14 bits per heavy atom. The number of non-ortho nitro benzene ring substituents is 1. The first-order valence-electron chi connectivity index (χ1n) is 7.57. The van der Waals surface area contributed by atoms with E-state index in [2.05, 4.69) is 10.2 Å². The summed E-state index contributed by atoms with van der Waals surface area (Å²) >= 11 is 0. The molecular weight excluding hydrogens is 282 g/mol. The Morgan fingerprint density at radius 3 is 2.77 bits per heavy atom. The minimum absolute atomic E-state index is 0.0277. The second kappa shape index (κ2) is 6.27. The van der Waals surface area contributed by atoms with Crippen LogP contribution in [0.2, 0.25) is 0 Å². The number of nitro groups is 1. The number of nitro benzene ring substituents is 1. The Balaban J connectivity index is 1.59. The number of carbonyl (C=O) groups excluding carboxylic acids is 1. The lowest BCUT2D eigenvalue weighted by Crippen LogP contribution is -2.57. The van der Waals surface area contributed by atoms with Gasteiger partial charge in [0.2, 0.25) is 5.91 Å². The summed E-state index contributed by atoms with van der Waals surface area (Å²) in [6.45, 7) is 3.21. The number of hydrogen-bond donors (Lipinski definition) is 1. The first-order chi connectivity index (χ1) is 10.6. The highest BCUT2D eigenvalue weighted by Crippen LogP contribution is 2.27. The molecule has 0 saturated carbocycles. The van der Waals surface area contributed by atoms with Crippen molar-refractivity contribution >= 4 is 17.7 Å². The topological polar surface area (TPSA) is 75.5 Å². The fourth-order valence-electron chi connectivity index (χ4n) is 3.27.